The van der Waals surface area contributed by atoms with E-state index < -0.39 is 32.8 Å². The van der Waals surface area contributed by atoms with E-state index in [2.05, 4.69) is 0 Å². The number of esters is 1. The van der Waals surface area contributed by atoms with E-state index in [0.717, 1.165) is 0 Å². The third-order valence-electron chi connectivity index (χ3n) is 2.45. The van der Waals surface area contributed by atoms with Crippen molar-refractivity contribution in [3.05, 3.63) is 0 Å². The first kappa shape index (κ1) is 22.4. The SMILES string of the molecule is COC(CO)OC(COC(C)=O)COP(=O)(O)OCCN(C)C. The molecule has 0 rings (SSSR count). The minimum Gasteiger partial charge on any atom is -0.463 e. The molecule has 0 spiro atoms. The number of likely N-dealkylation sites (N-methyl/N-ethyl adjacent to an activating group) is 1. The summed E-state index contributed by atoms with van der Waals surface area (Å²) in [6.07, 6.45) is -1.89. The molecule has 11 heteroatoms. The molecule has 3 unspecified atom stereocenters. The van der Waals surface area contributed by atoms with Gasteiger partial charge in [0.1, 0.15) is 12.7 Å². The van der Waals surface area contributed by atoms with Gasteiger partial charge in [-0.25, -0.2) is 4.57 Å². The molecule has 10 nitrogen and oxygen atoms in total. The molecule has 0 fully saturated rings. The zero-order valence-electron chi connectivity index (χ0n) is 13.8. The number of phosphoric ester groups is 1. The maximum absolute atomic E-state index is 11.7. The molecule has 2 N–H and O–H groups in total. The standard InChI is InChI=1S/C12H26NO9P/c1-10(15)19-8-11(22-12(7-14)18-4)9-21-23(16,17)20-6-5-13(2)3/h11-12,14H,5-9H2,1-4H3,(H,16,17). The number of carbonyl (C=O) groups excluding carboxylic acids is 1. The first-order chi connectivity index (χ1) is 10.7. The van der Waals surface area contributed by atoms with Crippen LogP contribution in [0, 0.1) is 0 Å². The molecule has 0 aromatic carbocycles. The molecular weight excluding hydrogens is 333 g/mol. The van der Waals surface area contributed by atoms with E-state index in [1.807, 2.05) is 0 Å². The van der Waals surface area contributed by atoms with Crippen LogP contribution in [0.1, 0.15) is 6.92 Å². The monoisotopic (exact) mass is 359 g/mol. The van der Waals surface area contributed by atoms with Gasteiger partial charge < -0.3 is 29.1 Å². The number of ether oxygens (including phenoxy) is 3. The quantitative estimate of drug-likeness (QED) is 0.255. The highest BCUT2D eigenvalue weighted by Crippen LogP contribution is 2.43. The lowest BCUT2D eigenvalue weighted by Crippen LogP contribution is -2.33. The van der Waals surface area contributed by atoms with Crippen molar-refractivity contribution in [3.8, 4) is 0 Å². The van der Waals surface area contributed by atoms with Gasteiger partial charge in [-0.3, -0.25) is 13.8 Å². The molecule has 138 valence electrons. The van der Waals surface area contributed by atoms with Crippen LogP contribution < -0.4 is 0 Å². The molecule has 0 saturated carbocycles. The zero-order valence-corrected chi connectivity index (χ0v) is 14.7. The van der Waals surface area contributed by atoms with Crippen molar-refractivity contribution in [1.29, 1.82) is 0 Å². The van der Waals surface area contributed by atoms with E-state index in [1.165, 1.54) is 14.0 Å². The molecule has 0 amide bonds. The van der Waals surface area contributed by atoms with Gasteiger partial charge in [0.2, 0.25) is 0 Å². The number of methoxy groups -OCH3 is 1. The van der Waals surface area contributed by atoms with Crippen molar-refractivity contribution in [2.75, 3.05) is 54.2 Å². The van der Waals surface area contributed by atoms with E-state index >= 15 is 0 Å². The van der Waals surface area contributed by atoms with Crippen LogP contribution in [-0.2, 0) is 32.6 Å². The normalized spacial score (nSPS) is 16.8. The van der Waals surface area contributed by atoms with Gasteiger partial charge in [0, 0.05) is 20.6 Å². The Bertz CT molecular complexity index is 376. The molecule has 0 aliphatic carbocycles. The third kappa shape index (κ3) is 12.5. The Morgan fingerprint density at radius 1 is 1.26 bits per heavy atom. The summed E-state index contributed by atoms with van der Waals surface area (Å²) in [6, 6.07) is 0. The summed E-state index contributed by atoms with van der Waals surface area (Å²) in [6.45, 7) is 0.600. The maximum Gasteiger partial charge on any atom is 0.472 e. The molecule has 0 aliphatic heterocycles. The van der Waals surface area contributed by atoms with E-state index in [0.29, 0.717) is 6.54 Å². The lowest BCUT2D eigenvalue weighted by Gasteiger charge is -2.23. The maximum atomic E-state index is 11.7. The highest BCUT2D eigenvalue weighted by Gasteiger charge is 2.25. The van der Waals surface area contributed by atoms with E-state index in [9.17, 15) is 14.3 Å². The van der Waals surface area contributed by atoms with E-state index in [1.54, 1.807) is 19.0 Å². The summed E-state index contributed by atoms with van der Waals surface area (Å²) >= 11 is 0. The summed E-state index contributed by atoms with van der Waals surface area (Å²) in [7, 11) is 0.625. The van der Waals surface area contributed by atoms with Gasteiger partial charge in [-0.05, 0) is 14.1 Å². The summed E-state index contributed by atoms with van der Waals surface area (Å²) in [5.41, 5.74) is 0. The summed E-state index contributed by atoms with van der Waals surface area (Å²) in [5.74, 6) is -0.550. The Kier molecular flexibility index (Phi) is 11.6. The Morgan fingerprint density at radius 3 is 2.39 bits per heavy atom. The number of nitrogens with zero attached hydrogens (tertiary/aromatic N) is 1. The summed E-state index contributed by atoms with van der Waals surface area (Å²) < 4.78 is 36.2. The van der Waals surface area contributed by atoms with Gasteiger partial charge in [0.25, 0.3) is 0 Å². The minimum atomic E-state index is -4.26. The summed E-state index contributed by atoms with van der Waals surface area (Å²) in [4.78, 5) is 22.2. The number of rotatable bonds is 13. The van der Waals surface area contributed by atoms with Crippen LogP contribution in [0.4, 0.5) is 0 Å². The van der Waals surface area contributed by atoms with Crippen LogP contribution in [0.3, 0.4) is 0 Å². The Hall–Kier alpha value is -0.580. The van der Waals surface area contributed by atoms with Crippen molar-refractivity contribution in [3.63, 3.8) is 0 Å². The first-order valence-corrected chi connectivity index (χ1v) is 8.38. The predicted octanol–water partition coefficient (Wildman–Crippen LogP) is -0.405. The molecule has 0 saturated heterocycles. The van der Waals surface area contributed by atoms with Crippen molar-refractivity contribution in [1.82, 2.24) is 4.90 Å². The smallest absolute Gasteiger partial charge is 0.463 e. The Balaban J connectivity index is 4.43. The average Bonchev–Trinajstić information content (AvgIpc) is 2.45. The molecule has 0 radical (unpaired) electrons. The fourth-order valence-corrected chi connectivity index (χ4v) is 2.02. The van der Waals surface area contributed by atoms with Crippen LogP contribution in [0.2, 0.25) is 0 Å². The van der Waals surface area contributed by atoms with E-state index in [-0.39, 0.29) is 19.8 Å². The first-order valence-electron chi connectivity index (χ1n) is 6.89. The largest absolute Gasteiger partial charge is 0.472 e. The molecule has 0 aromatic rings. The number of aliphatic hydroxyl groups excluding tert-OH is 1. The highest BCUT2D eigenvalue weighted by atomic mass is 31.2. The lowest BCUT2D eigenvalue weighted by molar-refractivity contribution is -0.193. The van der Waals surface area contributed by atoms with Gasteiger partial charge in [-0.1, -0.05) is 0 Å². The molecule has 3 atom stereocenters. The van der Waals surface area contributed by atoms with Gasteiger partial charge in [-0.2, -0.15) is 0 Å². The fraction of sp³-hybridized carbons (Fsp3) is 0.917. The number of hydrogen-bond donors (Lipinski definition) is 2. The Morgan fingerprint density at radius 2 is 1.91 bits per heavy atom. The van der Waals surface area contributed by atoms with Crippen molar-refractivity contribution in [2.24, 2.45) is 0 Å². The number of phosphoric acid groups is 1. The summed E-state index contributed by atoms with van der Waals surface area (Å²) in [5, 5.41) is 9.02. The molecule has 0 heterocycles. The van der Waals surface area contributed by atoms with Gasteiger partial charge in [-0.15, -0.1) is 0 Å². The topological polar surface area (TPSA) is 124 Å². The van der Waals surface area contributed by atoms with Gasteiger partial charge in [0.15, 0.2) is 6.29 Å². The minimum absolute atomic E-state index is 0.00752. The van der Waals surface area contributed by atoms with Gasteiger partial charge in [0.05, 0.1) is 19.8 Å². The van der Waals surface area contributed by atoms with Crippen molar-refractivity contribution < 1.29 is 42.6 Å². The van der Waals surface area contributed by atoms with Crippen molar-refractivity contribution >= 4 is 13.8 Å². The van der Waals surface area contributed by atoms with Crippen LogP contribution in [-0.4, -0.2) is 87.4 Å². The predicted molar refractivity (Wildman–Crippen MR) is 79.7 cm³/mol. The van der Waals surface area contributed by atoms with Crippen LogP contribution >= 0.6 is 7.82 Å². The number of aliphatic hydroxyl groups is 1. The van der Waals surface area contributed by atoms with Crippen LogP contribution in [0.5, 0.6) is 0 Å². The van der Waals surface area contributed by atoms with E-state index in [4.69, 9.17) is 28.4 Å². The number of carbonyl (C=O) groups is 1. The zero-order chi connectivity index (χ0) is 17.9. The molecule has 0 aliphatic rings. The molecule has 0 aromatic heterocycles. The number of hydrogen-bond acceptors (Lipinski definition) is 9. The second-order valence-electron chi connectivity index (χ2n) is 4.81. The lowest BCUT2D eigenvalue weighted by atomic mass is 10.4. The highest BCUT2D eigenvalue weighted by molar-refractivity contribution is 7.47. The second-order valence-corrected chi connectivity index (χ2v) is 6.26. The van der Waals surface area contributed by atoms with Crippen LogP contribution in [0.25, 0.3) is 0 Å². The fourth-order valence-electron chi connectivity index (χ4n) is 1.28. The van der Waals surface area contributed by atoms with Gasteiger partial charge >= 0.3 is 13.8 Å². The van der Waals surface area contributed by atoms with Crippen molar-refractivity contribution in [2.45, 2.75) is 19.3 Å². The third-order valence-corrected chi connectivity index (χ3v) is 3.43. The molecule has 23 heavy (non-hydrogen) atoms. The second kappa shape index (κ2) is 11.9. The molecular formula is C12H26NO9P. The average molecular weight is 359 g/mol. The molecule has 0 bridgehead atoms. The van der Waals surface area contributed by atoms with Crippen LogP contribution in [0.15, 0.2) is 0 Å². The Labute approximate surface area is 135 Å².